The van der Waals surface area contributed by atoms with Crippen molar-refractivity contribution in [2.24, 2.45) is 0 Å². The van der Waals surface area contributed by atoms with Gasteiger partial charge >= 0.3 is 0 Å². The Bertz CT molecular complexity index is 1150. The lowest BCUT2D eigenvalue weighted by Crippen LogP contribution is -2.23. The van der Waals surface area contributed by atoms with Crippen LogP contribution in [0.5, 0.6) is 11.5 Å². The molecule has 0 saturated carbocycles. The number of carbonyl (C=O) groups is 1. The average molecular weight is 467 g/mol. The molecule has 1 amide bonds. The molecular weight excluding hydrogens is 447 g/mol. The Labute approximate surface area is 196 Å². The van der Waals surface area contributed by atoms with Crippen LogP contribution in [0, 0.1) is 11.3 Å². The summed E-state index contributed by atoms with van der Waals surface area (Å²) >= 11 is 12.3. The predicted molar refractivity (Wildman–Crippen MR) is 126 cm³/mol. The molecule has 0 atom stereocenters. The summed E-state index contributed by atoms with van der Waals surface area (Å²) in [7, 11) is 1.49. The summed E-state index contributed by atoms with van der Waals surface area (Å²) in [6, 6.07) is 21.9. The van der Waals surface area contributed by atoms with Gasteiger partial charge in [-0.15, -0.1) is 0 Å². The lowest BCUT2D eigenvalue weighted by Gasteiger charge is -2.14. The van der Waals surface area contributed by atoms with Crippen molar-refractivity contribution in [1.82, 2.24) is 5.32 Å². The quantitative estimate of drug-likeness (QED) is 0.336. The lowest BCUT2D eigenvalue weighted by molar-refractivity contribution is -0.117. The van der Waals surface area contributed by atoms with Crippen molar-refractivity contribution in [3.05, 3.63) is 99.0 Å². The van der Waals surface area contributed by atoms with E-state index in [1.807, 2.05) is 48.5 Å². The Hall–Kier alpha value is -3.46. The minimum Gasteiger partial charge on any atom is -0.493 e. The van der Waals surface area contributed by atoms with Crippen molar-refractivity contribution < 1.29 is 14.3 Å². The van der Waals surface area contributed by atoms with E-state index in [4.69, 9.17) is 32.7 Å². The second-order valence-corrected chi connectivity index (χ2v) is 7.63. The Morgan fingerprint density at radius 3 is 2.44 bits per heavy atom. The zero-order chi connectivity index (χ0) is 22.9. The number of nitrogens with zero attached hydrogens (tertiary/aromatic N) is 1. The summed E-state index contributed by atoms with van der Waals surface area (Å²) in [5, 5.41) is 13.1. The van der Waals surface area contributed by atoms with E-state index in [0.29, 0.717) is 33.7 Å². The molecule has 0 radical (unpaired) electrons. The summed E-state index contributed by atoms with van der Waals surface area (Å²) in [6.45, 7) is 0.591. The molecule has 0 spiro atoms. The highest BCUT2D eigenvalue weighted by Gasteiger charge is 2.14. The number of carbonyl (C=O) groups excluding carboxylic acids is 1. The minimum atomic E-state index is -0.477. The predicted octanol–water partition coefficient (Wildman–Crippen LogP) is 5.80. The van der Waals surface area contributed by atoms with Crippen molar-refractivity contribution in [3.63, 3.8) is 0 Å². The van der Waals surface area contributed by atoms with E-state index in [2.05, 4.69) is 5.32 Å². The first-order valence-corrected chi connectivity index (χ1v) is 10.4. The number of nitriles is 1. The number of rotatable bonds is 8. The first-order valence-electron chi connectivity index (χ1n) is 9.69. The van der Waals surface area contributed by atoms with Crippen LogP contribution in [0.1, 0.15) is 16.7 Å². The monoisotopic (exact) mass is 466 g/mol. The number of amides is 1. The van der Waals surface area contributed by atoms with Crippen molar-refractivity contribution in [1.29, 1.82) is 5.26 Å². The van der Waals surface area contributed by atoms with Crippen LogP contribution in [0.25, 0.3) is 6.08 Å². The molecule has 1 N–H and O–H groups in total. The van der Waals surface area contributed by atoms with Crippen LogP contribution in [0.4, 0.5) is 0 Å². The molecule has 3 rings (SSSR count). The number of benzene rings is 3. The fourth-order valence-corrected chi connectivity index (χ4v) is 3.29. The first kappa shape index (κ1) is 23.2. The third-order valence-electron chi connectivity index (χ3n) is 4.52. The average Bonchev–Trinajstić information content (AvgIpc) is 2.81. The zero-order valence-corrected chi connectivity index (χ0v) is 18.8. The number of methoxy groups -OCH3 is 1. The second kappa shape index (κ2) is 11.2. The number of hydrogen-bond donors (Lipinski definition) is 1. The van der Waals surface area contributed by atoms with Gasteiger partial charge in [-0.2, -0.15) is 5.26 Å². The highest BCUT2D eigenvalue weighted by atomic mass is 35.5. The molecule has 0 aromatic heterocycles. The molecule has 0 aliphatic rings. The molecule has 0 unspecified atom stereocenters. The van der Waals surface area contributed by atoms with Gasteiger partial charge in [-0.05, 0) is 47.0 Å². The summed E-state index contributed by atoms with van der Waals surface area (Å²) in [5.74, 6) is 0.280. The third-order valence-corrected chi connectivity index (χ3v) is 5.05. The Balaban J connectivity index is 1.75. The van der Waals surface area contributed by atoms with Crippen LogP contribution in [0.2, 0.25) is 10.0 Å². The normalized spacial score (nSPS) is 10.9. The van der Waals surface area contributed by atoms with E-state index in [-0.39, 0.29) is 12.2 Å². The fraction of sp³-hybridized carbons (Fsp3) is 0.120. The maximum absolute atomic E-state index is 12.4. The maximum Gasteiger partial charge on any atom is 0.262 e. The maximum atomic E-state index is 12.4. The molecule has 0 heterocycles. The van der Waals surface area contributed by atoms with Gasteiger partial charge in [0.2, 0.25) is 0 Å². The summed E-state index contributed by atoms with van der Waals surface area (Å²) in [4.78, 5) is 12.4. The number of ether oxygens (including phenoxy) is 2. The molecule has 5 nitrogen and oxygen atoms in total. The van der Waals surface area contributed by atoms with E-state index < -0.39 is 5.91 Å². The Morgan fingerprint density at radius 2 is 1.78 bits per heavy atom. The van der Waals surface area contributed by atoms with Gasteiger partial charge in [-0.3, -0.25) is 4.79 Å². The van der Waals surface area contributed by atoms with Crippen LogP contribution < -0.4 is 14.8 Å². The molecular formula is C25H20Cl2N2O3. The first-order chi connectivity index (χ1) is 15.5. The van der Waals surface area contributed by atoms with E-state index in [9.17, 15) is 10.1 Å². The lowest BCUT2D eigenvalue weighted by atomic mass is 10.1. The summed E-state index contributed by atoms with van der Waals surface area (Å²) in [6.07, 6.45) is 1.46. The summed E-state index contributed by atoms with van der Waals surface area (Å²) < 4.78 is 11.3. The zero-order valence-electron chi connectivity index (χ0n) is 17.3. The van der Waals surface area contributed by atoms with E-state index in [1.165, 1.54) is 13.2 Å². The Kier molecular flexibility index (Phi) is 8.15. The molecule has 3 aromatic carbocycles. The van der Waals surface area contributed by atoms with Crippen molar-refractivity contribution in [2.45, 2.75) is 13.2 Å². The van der Waals surface area contributed by atoms with E-state index in [1.54, 1.807) is 24.3 Å². The fourth-order valence-electron chi connectivity index (χ4n) is 2.89. The van der Waals surface area contributed by atoms with E-state index in [0.717, 1.165) is 11.1 Å². The van der Waals surface area contributed by atoms with Crippen molar-refractivity contribution in [3.8, 4) is 17.6 Å². The van der Waals surface area contributed by atoms with Crippen LogP contribution in [0.3, 0.4) is 0 Å². The van der Waals surface area contributed by atoms with Gasteiger partial charge in [-0.25, -0.2) is 0 Å². The molecule has 0 fully saturated rings. The molecule has 7 heteroatoms. The molecule has 0 saturated heterocycles. The molecule has 32 heavy (non-hydrogen) atoms. The van der Waals surface area contributed by atoms with Gasteiger partial charge in [0.15, 0.2) is 11.5 Å². The second-order valence-electron chi connectivity index (χ2n) is 6.79. The largest absolute Gasteiger partial charge is 0.493 e. The van der Waals surface area contributed by atoms with Crippen LogP contribution in [-0.2, 0) is 17.9 Å². The SMILES string of the molecule is COc1cc(/C=C(/C#N)C(=O)NCc2ccccc2)cc(Cl)c1OCc1ccc(Cl)cc1. The van der Waals surface area contributed by atoms with Gasteiger partial charge in [0, 0.05) is 11.6 Å². The van der Waals surface area contributed by atoms with Gasteiger partial charge < -0.3 is 14.8 Å². The van der Waals surface area contributed by atoms with Gasteiger partial charge in [0.1, 0.15) is 18.2 Å². The molecule has 0 aliphatic heterocycles. The van der Waals surface area contributed by atoms with Gasteiger partial charge in [-0.1, -0.05) is 65.7 Å². The van der Waals surface area contributed by atoms with Crippen LogP contribution in [0.15, 0.2) is 72.3 Å². The molecule has 3 aromatic rings. The smallest absolute Gasteiger partial charge is 0.262 e. The standard InChI is InChI=1S/C25H20Cl2N2O3/c1-31-23-13-19(11-20(14-28)25(30)29-15-17-5-3-2-4-6-17)12-22(27)24(23)32-16-18-7-9-21(26)10-8-18/h2-13H,15-16H2,1H3,(H,29,30)/b20-11-. The van der Waals surface area contributed by atoms with Crippen LogP contribution >= 0.6 is 23.2 Å². The van der Waals surface area contributed by atoms with Gasteiger partial charge in [0.25, 0.3) is 5.91 Å². The van der Waals surface area contributed by atoms with Crippen molar-refractivity contribution in [2.75, 3.05) is 7.11 Å². The number of hydrogen-bond acceptors (Lipinski definition) is 4. The number of halogens is 2. The number of nitrogens with one attached hydrogen (secondary N) is 1. The highest BCUT2D eigenvalue weighted by Crippen LogP contribution is 2.37. The van der Waals surface area contributed by atoms with Gasteiger partial charge in [0.05, 0.1) is 12.1 Å². The minimum absolute atomic E-state index is 0.0473. The Morgan fingerprint density at radius 1 is 1.06 bits per heavy atom. The topological polar surface area (TPSA) is 71.3 Å². The van der Waals surface area contributed by atoms with Crippen LogP contribution in [-0.4, -0.2) is 13.0 Å². The highest BCUT2D eigenvalue weighted by molar-refractivity contribution is 6.32. The molecule has 162 valence electrons. The molecule has 0 aliphatic carbocycles. The summed E-state index contributed by atoms with van der Waals surface area (Å²) in [5.41, 5.74) is 2.34. The van der Waals surface area contributed by atoms with Crippen molar-refractivity contribution >= 4 is 35.2 Å². The molecule has 0 bridgehead atoms. The third kappa shape index (κ3) is 6.27. The van der Waals surface area contributed by atoms with E-state index >= 15 is 0 Å².